The van der Waals surface area contributed by atoms with E-state index < -0.39 is 28.7 Å². The number of nitrogens with one attached hydrogen (secondary N) is 1. The van der Waals surface area contributed by atoms with Crippen molar-refractivity contribution in [2.45, 2.75) is 62.3 Å². The molecule has 0 spiro atoms. The van der Waals surface area contributed by atoms with Gasteiger partial charge in [-0.2, -0.15) is 0 Å². The number of rotatable bonds is 15. The molecule has 2 aliphatic rings. The summed E-state index contributed by atoms with van der Waals surface area (Å²) >= 11 is 3.75. The molecule has 0 aliphatic carbocycles. The summed E-state index contributed by atoms with van der Waals surface area (Å²) in [5, 5.41) is 30.9. The van der Waals surface area contributed by atoms with Crippen LogP contribution in [0.3, 0.4) is 0 Å². The van der Waals surface area contributed by atoms with E-state index in [4.69, 9.17) is 10.6 Å². The van der Waals surface area contributed by atoms with Crippen molar-refractivity contribution in [2.75, 3.05) is 23.8 Å². The summed E-state index contributed by atoms with van der Waals surface area (Å²) in [6, 6.07) is 8.49. The van der Waals surface area contributed by atoms with Crippen molar-refractivity contribution in [1.82, 2.24) is 35.4 Å². The van der Waals surface area contributed by atoms with Gasteiger partial charge in [0.25, 0.3) is 5.91 Å². The first-order valence-electron chi connectivity index (χ1n) is 14.1. The normalized spacial score (nSPS) is 21.4. The minimum absolute atomic E-state index is 0.0139. The molecule has 0 saturated carbocycles. The number of thioether (sulfide) groups is 2. The number of thiazole rings is 1. The first kappa shape index (κ1) is 31.7. The number of β-lactam (4-membered cyclic amide) rings is 1. The van der Waals surface area contributed by atoms with E-state index in [1.165, 1.54) is 28.4 Å². The fourth-order valence-corrected chi connectivity index (χ4v) is 8.11. The Morgan fingerprint density at radius 3 is 2.82 bits per heavy atom. The Labute approximate surface area is 266 Å². The number of nitrogens with two attached hydrogens (primary N) is 1. The van der Waals surface area contributed by atoms with Gasteiger partial charge in [-0.05, 0) is 22.4 Å². The maximum absolute atomic E-state index is 13.3. The van der Waals surface area contributed by atoms with Crippen LogP contribution in [0.1, 0.15) is 43.9 Å². The summed E-state index contributed by atoms with van der Waals surface area (Å²) in [6.07, 6.45) is 4.25. The number of nitrogen functional groups attached to an aromatic ring is 1. The third-order valence-electron chi connectivity index (χ3n) is 7.29. The Bertz CT molecular complexity index is 1500. The van der Waals surface area contributed by atoms with E-state index in [0.29, 0.717) is 11.7 Å². The van der Waals surface area contributed by atoms with Gasteiger partial charge in [0.15, 0.2) is 10.8 Å². The second-order valence-corrected chi connectivity index (χ2v) is 13.4. The number of tetrazole rings is 1. The first-order valence-corrected chi connectivity index (χ1v) is 17.0. The average molecular weight is 660 g/mol. The van der Waals surface area contributed by atoms with Gasteiger partial charge < -0.3 is 25.9 Å². The summed E-state index contributed by atoms with van der Waals surface area (Å²) in [7, 11) is 0. The SMILES string of the molecule is CCCCCCn1nnnc1SCC1(C(=O)O)CS[C@@H]2C(NC(=O)C(=NOCc3ccccc3)c3csc(N)n3)C(=O)N2C1. The van der Waals surface area contributed by atoms with Crippen LogP contribution in [-0.2, 0) is 32.4 Å². The van der Waals surface area contributed by atoms with Gasteiger partial charge in [-0.15, -0.1) is 28.2 Å². The van der Waals surface area contributed by atoms with Crippen molar-refractivity contribution in [3.8, 4) is 0 Å². The molecule has 4 N–H and O–H groups in total. The summed E-state index contributed by atoms with van der Waals surface area (Å²) < 4.78 is 1.70. The number of carboxylic acids is 1. The number of carbonyl (C=O) groups is 3. The number of unbranched alkanes of at least 4 members (excludes halogenated alkanes) is 3. The number of hydrogen-bond donors (Lipinski definition) is 3. The highest BCUT2D eigenvalue weighted by Gasteiger charge is 2.57. The molecule has 44 heavy (non-hydrogen) atoms. The van der Waals surface area contributed by atoms with Crippen molar-refractivity contribution >= 4 is 63.5 Å². The molecule has 2 fully saturated rings. The summed E-state index contributed by atoms with van der Waals surface area (Å²) in [6.45, 7) is 2.95. The van der Waals surface area contributed by atoms with Gasteiger partial charge in [0.05, 0.1) is 0 Å². The van der Waals surface area contributed by atoms with E-state index >= 15 is 0 Å². The van der Waals surface area contributed by atoms with Gasteiger partial charge in [0, 0.05) is 30.0 Å². The lowest BCUT2D eigenvalue weighted by molar-refractivity contribution is -0.157. The Morgan fingerprint density at radius 1 is 1.27 bits per heavy atom. The third-order valence-corrected chi connectivity index (χ3v) is 10.8. The summed E-state index contributed by atoms with van der Waals surface area (Å²) in [5.41, 5.74) is 5.57. The van der Waals surface area contributed by atoms with Crippen LogP contribution in [-0.4, -0.2) is 88.2 Å². The number of fused-ring (bicyclic) bond motifs is 1. The topological polar surface area (TPSA) is 191 Å². The molecular weight excluding hydrogens is 627 g/mol. The number of carbonyl (C=O) groups excluding carboxylic acids is 2. The zero-order valence-electron chi connectivity index (χ0n) is 24.0. The molecule has 0 bridgehead atoms. The van der Waals surface area contributed by atoms with Gasteiger partial charge in [-0.3, -0.25) is 14.4 Å². The lowest BCUT2D eigenvalue weighted by Crippen LogP contribution is -2.74. The van der Waals surface area contributed by atoms with Gasteiger partial charge in [-0.1, -0.05) is 73.4 Å². The van der Waals surface area contributed by atoms with E-state index in [9.17, 15) is 19.5 Å². The largest absolute Gasteiger partial charge is 0.481 e. The minimum atomic E-state index is -1.20. The second-order valence-electron chi connectivity index (χ2n) is 10.5. The number of aryl methyl sites for hydroxylation is 1. The van der Waals surface area contributed by atoms with E-state index in [2.05, 4.69) is 37.9 Å². The van der Waals surface area contributed by atoms with Crippen LogP contribution in [0.25, 0.3) is 0 Å². The minimum Gasteiger partial charge on any atom is -0.481 e. The van der Waals surface area contributed by atoms with E-state index in [1.54, 1.807) is 10.1 Å². The standard InChI is InChI=1S/C27H33N9O5S3/c1-2-3-4-8-11-36-26(31-33-34-36)44-16-27(24(39)40)14-35-22(38)20(23(35)43-15-27)30-21(37)19(18-13-42-25(28)29-18)32-41-12-17-9-6-5-7-10-17/h5-7,9-10,13,20,23H,2-4,8,11-12,14-16H2,1H3,(H2,28,29)(H,30,37)(H,39,40)/t20?,23-,27?/m1/s1. The predicted molar refractivity (Wildman–Crippen MR) is 167 cm³/mol. The van der Waals surface area contributed by atoms with Crippen LogP contribution in [0, 0.1) is 5.41 Å². The van der Waals surface area contributed by atoms with Gasteiger partial charge in [-0.25, -0.2) is 9.67 Å². The molecule has 2 saturated heterocycles. The molecule has 17 heteroatoms. The van der Waals surface area contributed by atoms with Crippen molar-refractivity contribution in [3.63, 3.8) is 0 Å². The molecule has 4 heterocycles. The molecule has 14 nitrogen and oxygen atoms in total. The molecule has 2 amide bonds. The van der Waals surface area contributed by atoms with Crippen molar-refractivity contribution < 1.29 is 24.3 Å². The Balaban J connectivity index is 1.21. The van der Waals surface area contributed by atoms with Crippen molar-refractivity contribution in [2.24, 2.45) is 10.6 Å². The van der Waals surface area contributed by atoms with E-state index in [-0.39, 0.29) is 47.1 Å². The fraction of sp³-hybridized carbons (Fsp3) is 0.481. The fourth-order valence-electron chi connectivity index (χ4n) is 4.79. The van der Waals surface area contributed by atoms with Crippen LogP contribution >= 0.6 is 34.9 Å². The maximum Gasteiger partial charge on any atom is 0.313 e. The highest BCUT2D eigenvalue weighted by atomic mass is 32.2. The first-order chi connectivity index (χ1) is 21.3. The Hall–Kier alpha value is -3.70. The number of nitrogens with zero attached hydrogens (tertiary/aromatic N) is 7. The van der Waals surface area contributed by atoms with E-state index in [1.807, 2.05) is 30.3 Å². The zero-order chi connectivity index (χ0) is 31.1. The lowest BCUT2D eigenvalue weighted by atomic mass is 9.89. The Morgan fingerprint density at radius 2 is 2.09 bits per heavy atom. The van der Waals surface area contributed by atoms with Crippen molar-refractivity contribution in [3.05, 3.63) is 47.0 Å². The number of carboxylic acid groups (broad SMARTS) is 1. The molecule has 3 atom stereocenters. The highest BCUT2D eigenvalue weighted by Crippen LogP contribution is 2.44. The number of aliphatic carboxylic acids is 1. The molecule has 2 aromatic heterocycles. The number of benzene rings is 1. The molecular formula is C27H33N9O5S3. The lowest BCUT2D eigenvalue weighted by Gasteiger charge is -2.53. The predicted octanol–water partition coefficient (Wildman–Crippen LogP) is 2.48. The third kappa shape index (κ3) is 7.15. The molecule has 0 radical (unpaired) electrons. The molecule has 3 aromatic rings. The molecule has 5 rings (SSSR count). The van der Waals surface area contributed by atoms with Crippen LogP contribution in [0.4, 0.5) is 5.13 Å². The van der Waals surface area contributed by atoms with Crippen molar-refractivity contribution in [1.29, 1.82) is 0 Å². The number of anilines is 1. The number of amides is 2. The number of aromatic nitrogens is 5. The quantitative estimate of drug-likeness (QED) is 0.0711. The Kier molecular flexibility index (Phi) is 10.4. The summed E-state index contributed by atoms with van der Waals surface area (Å²) in [4.78, 5) is 50.2. The maximum atomic E-state index is 13.3. The zero-order valence-corrected chi connectivity index (χ0v) is 26.4. The van der Waals surface area contributed by atoms with Crippen LogP contribution in [0.5, 0.6) is 0 Å². The van der Waals surface area contributed by atoms with Crippen LogP contribution in [0.15, 0.2) is 46.0 Å². The molecule has 2 unspecified atom stereocenters. The smallest absolute Gasteiger partial charge is 0.313 e. The van der Waals surface area contributed by atoms with Crippen LogP contribution < -0.4 is 11.1 Å². The van der Waals surface area contributed by atoms with Gasteiger partial charge >= 0.3 is 5.97 Å². The van der Waals surface area contributed by atoms with Gasteiger partial charge in [0.2, 0.25) is 11.1 Å². The summed E-state index contributed by atoms with van der Waals surface area (Å²) in [5.74, 6) is -1.56. The monoisotopic (exact) mass is 659 g/mol. The highest BCUT2D eigenvalue weighted by molar-refractivity contribution is 8.00. The number of oxime groups is 1. The average Bonchev–Trinajstić information content (AvgIpc) is 3.67. The molecule has 1 aromatic carbocycles. The second kappa shape index (κ2) is 14.4. The molecule has 234 valence electrons. The van der Waals surface area contributed by atoms with Crippen LogP contribution in [0.2, 0.25) is 0 Å². The van der Waals surface area contributed by atoms with Gasteiger partial charge in [0.1, 0.15) is 29.1 Å². The molecule has 2 aliphatic heterocycles. The number of hydrogen-bond acceptors (Lipinski definition) is 13. The van der Waals surface area contributed by atoms with E-state index in [0.717, 1.165) is 42.6 Å².